The van der Waals surface area contributed by atoms with Gasteiger partial charge in [-0.25, -0.2) is 4.52 Å². The molecule has 0 aliphatic heterocycles. The SMILES string of the molecule is Nc1nn2ccc(Cl)cc2c1C1CCC1. The van der Waals surface area contributed by atoms with Crippen LogP contribution in [0.15, 0.2) is 18.3 Å². The lowest BCUT2D eigenvalue weighted by Crippen LogP contribution is -2.10. The molecular formula is C11H12ClN3. The van der Waals surface area contributed by atoms with E-state index in [1.165, 1.54) is 24.8 Å². The zero-order valence-corrected chi connectivity index (χ0v) is 9.04. The molecule has 1 aliphatic rings. The van der Waals surface area contributed by atoms with E-state index in [1.807, 2.05) is 22.8 Å². The molecule has 3 rings (SSSR count). The summed E-state index contributed by atoms with van der Waals surface area (Å²) in [6, 6.07) is 3.77. The van der Waals surface area contributed by atoms with Crippen LogP contribution in [-0.2, 0) is 0 Å². The van der Waals surface area contributed by atoms with E-state index in [0.717, 1.165) is 10.5 Å². The van der Waals surface area contributed by atoms with Gasteiger partial charge in [0.2, 0.25) is 0 Å². The summed E-state index contributed by atoms with van der Waals surface area (Å²) in [6.45, 7) is 0. The molecule has 4 heteroatoms. The molecule has 2 aromatic rings. The van der Waals surface area contributed by atoms with Gasteiger partial charge in [-0.15, -0.1) is 0 Å². The summed E-state index contributed by atoms with van der Waals surface area (Å²) >= 11 is 5.98. The van der Waals surface area contributed by atoms with Crippen molar-refractivity contribution in [3.63, 3.8) is 0 Å². The second kappa shape index (κ2) is 3.14. The Morgan fingerprint density at radius 2 is 2.27 bits per heavy atom. The number of nitrogens with zero attached hydrogens (tertiary/aromatic N) is 2. The summed E-state index contributed by atoms with van der Waals surface area (Å²) in [6.07, 6.45) is 5.59. The lowest BCUT2D eigenvalue weighted by molar-refractivity contribution is 0.423. The third kappa shape index (κ3) is 1.30. The number of hydrogen-bond donors (Lipinski definition) is 1. The summed E-state index contributed by atoms with van der Waals surface area (Å²) < 4.78 is 1.81. The monoisotopic (exact) mass is 221 g/mol. The fourth-order valence-corrected chi connectivity index (χ4v) is 2.33. The van der Waals surface area contributed by atoms with Gasteiger partial charge in [0.05, 0.1) is 5.52 Å². The molecule has 0 unspecified atom stereocenters. The van der Waals surface area contributed by atoms with Gasteiger partial charge in [-0.05, 0) is 30.9 Å². The molecule has 0 aromatic carbocycles. The van der Waals surface area contributed by atoms with Crippen LogP contribution in [0.1, 0.15) is 30.7 Å². The molecule has 1 fully saturated rings. The summed E-state index contributed by atoms with van der Waals surface area (Å²) in [5.74, 6) is 1.24. The highest BCUT2D eigenvalue weighted by atomic mass is 35.5. The van der Waals surface area contributed by atoms with Crippen LogP contribution in [0.2, 0.25) is 5.02 Å². The maximum atomic E-state index is 5.98. The first-order valence-corrected chi connectivity index (χ1v) is 5.57. The third-order valence-electron chi connectivity index (χ3n) is 3.18. The van der Waals surface area contributed by atoms with Crippen molar-refractivity contribution in [3.8, 4) is 0 Å². The van der Waals surface area contributed by atoms with Crippen molar-refractivity contribution >= 4 is 22.9 Å². The summed E-state index contributed by atoms with van der Waals surface area (Å²) in [5.41, 5.74) is 8.18. The minimum Gasteiger partial charge on any atom is -0.382 e. The quantitative estimate of drug-likeness (QED) is 0.805. The number of anilines is 1. The average Bonchev–Trinajstić information content (AvgIpc) is 2.42. The van der Waals surface area contributed by atoms with Crippen LogP contribution in [0, 0.1) is 0 Å². The van der Waals surface area contributed by atoms with E-state index in [2.05, 4.69) is 5.10 Å². The number of pyridine rings is 1. The maximum absolute atomic E-state index is 5.98. The second-order valence-electron chi connectivity index (χ2n) is 4.10. The number of aromatic nitrogens is 2. The van der Waals surface area contributed by atoms with Gasteiger partial charge in [-0.2, -0.15) is 5.10 Å². The predicted molar refractivity (Wildman–Crippen MR) is 61.2 cm³/mol. The molecular weight excluding hydrogens is 210 g/mol. The summed E-state index contributed by atoms with van der Waals surface area (Å²) in [5, 5.41) is 5.03. The van der Waals surface area contributed by atoms with E-state index in [1.54, 1.807) is 0 Å². The van der Waals surface area contributed by atoms with Crippen LogP contribution in [0.25, 0.3) is 5.52 Å². The van der Waals surface area contributed by atoms with Crippen molar-refractivity contribution in [2.75, 3.05) is 5.73 Å². The standard InChI is InChI=1S/C11H12ClN3/c12-8-4-5-15-9(6-8)10(11(13)14-15)7-2-1-3-7/h4-7H,1-3H2,(H2,13,14). The van der Waals surface area contributed by atoms with Crippen LogP contribution in [0.4, 0.5) is 5.82 Å². The van der Waals surface area contributed by atoms with Crippen molar-refractivity contribution in [2.45, 2.75) is 25.2 Å². The molecule has 78 valence electrons. The van der Waals surface area contributed by atoms with E-state index >= 15 is 0 Å². The Morgan fingerprint density at radius 3 is 2.93 bits per heavy atom. The maximum Gasteiger partial charge on any atom is 0.149 e. The highest BCUT2D eigenvalue weighted by Crippen LogP contribution is 2.41. The Morgan fingerprint density at radius 1 is 1.47 bits per heavy atom. The lowest BCUT2D eigenvalue weighted by atomic mass is 9.80. The van der Waals surface area contributed by atoms with Crippen molar-refractivity contribution in [1.29, 1.82) is 0 Å². The Balaban J connectivity index is 2.25. The first-order chi connectivity index (χ1) is 7.25. The number of fused-ring (bicyclic) bond motifs is 1. The Hall–Kier alpha value is -1.22. The molecule has 0 bridgehead atoms. The van der Waals surface area contributed by atoms with Crippen molar-refractivity contribution in [1.82, 2.24) is 9.61 Å². The van der Waals surface area contributed by atoms with E-state index in [9.17, 15) is 0 Å². The molecule has 2 heterocycles. The average molecular weight is 222 g/mol. The first kappa shape index (κ1) is 9.04. The van der Waals surface area contributed by atoms with Gasteiger partial charge in [0.25, 0.3) is 0 Å². The summed E-state index contributed by atoms with van der Waals surface area (Å²) in [4.78, 5) is 0. The topological polar surface area (TPSA) is 43.3 Å². The number of nitrogen functional groups attached to an aromatic ring is 1. The number of nitrogens with two attached hydrogens (primary N) is 1. The summed E-state index contributed by atoms with van der Waals surface area (Å²) in [7, 11) is 0. The second-order valence-corrected chi connectivity index (χ2v) is 4.54. The highest BCUT2D eigenvalue weighted by molar-refractivity contribution is 6.30. The van der Waals surface area contributed by atoms with Crippen LogP contribution in [-0.4, -0.2) is 9.61 Å². The predicted octanol–water partition coefficient (Wildman–Crippen LogP) is 2.84. The van der Waals surface area contributed by atoms with Crippen molar-refractivity contribution in [3.05, 3.63) is 28.9 Å². The van der Waals surface area contributed by atoms with Gasteiger partial charge in [-0.1, -0.05) is 18.0 Å². The van der Waals surface area contributed by atoms with Gasteiger partial charge >= 0.3 is 0 Å². The van der Waals surface area contributed by atoms with Gasteiger partial charge in [0.15, 0.2) is 0 Å². The lowest BCUT2D eigenvalue weighted by Gasteiger charge is -2.25. The molecule has 2 aromatic heterocycles. The molecule has 1 saturated carbocycles. The fourth-order valence-electron chi connectivity index (χ4n) is 2.17. The van der Waals surface area contributed by atoms with Crippen molar-refractivity contribution in [2.24, 2.45) is 0 Å². The number of hydrogen-bond acceptors (Lipinski definition) is 2. The molecule has 0 atom stereocenters. The van der Waals surface area contributed by atoms with Crippen LogP contribution in [0.3, 0.4) is 0 Å². The minimum absolute atomic E-state index is 0.584. The Labute approximate surface area is 92.8 Å². The zero-order chi connectivity index (χ0) is 10.4. The largest absolute Gasteiger partial charge is 0.382 e. The molecule has 0 radical (unpaired) electrons. The van der Waals surface area contributed by atoms with E-state index in [0.29, 0.717) is 11.7 Å². The van der Waals surface area contributed by atoms with Gasteiger partial charge in [-0.3, -0.25) is 0 Å². The van der Waals surface area contributed by atoms with E-state index < -0.39 is 0 Å². The molecule has 0 spiro atoms. The van der Waals surface area contributed by atoms with Gasteiger partial charge < -0.3 is 5.73 Å². The number of halogens is 1. The minimum atomic E-state index is 0.584. The van der Waals surface area contributed by atoms with Crippen LogP contribution in [0.5, 0.6) is 0 Å². The van der Waals surface area contributed by atoms with Crippen LogP contribution < -0.4 is 5.73 Å². The first-order valence-electron chi connectivity index (χ1n) is 5.19. The molecule has 15 heavy (non-hydrogen) atoms. The van der Waals surface area contributed by atoms with Crippen LogP contribution >= 0.6 is 11.6 Å². The molecule has 3 nitrogen and oxygen atoms in total. The zero-order valence-electron chi connectivity index (χ0n) is 8.28. The molecule has 2 N–H and O–H groups in total. The van der Waals surface area contributed by atoms with E-state index in [-0.39, 0.29) is 0 Å². The highest BCUT2D eigenvalue weighted by Gasteiger charge is 2.25. The van der Waals surface area contributed by atoms with Gasteiger partial charge in [0.1, 0.15) is 5.82 Å². The molecule has 0 saturated heterocycles. The molecule has 1 aliphatic carbocycles. The van der Waals surface area contributed by atoms with Gasteiger partial charge in [0, 0.05) is 16.8 Å². The Kier molecular flexibility index (Phi) is 1.89. The number of rotatable bonds is 1. The smallest absolute Gasteiger partial charge is 0.149 e. The third-order valence-corrected chi connectivity index (χ3v) is 3.41. The van der Waals surface area contributed by atoms with E-state index in [4.69, 9.17) is 17.3 Å². The Bertz CT molecular complexity index is 514. The normalized spacial score (nSPS) is 16.9. The van der Waals surface area contributed by atoms with Crippen molar-refractivity contribution < 1.29 is 0 Å². The molecule has 0 amide bonds. The fraction of sp³-hybridized carbons (Fsp3) is 0.364.